The molecule has 0 unspecified atom stereocenters. The number of aromatic nitrogens is 1. The van der Waals surface area contributed by atoms with Crippen LogP contribution in [0.4, 0.5) is 5.69 Å². The number of esters is 1. The number of methoxy groups -OCH3 is 1. The van der Waals surface area contributed by atoms with E-state index in [2.05, 4.69) is 25.7 Å². The van der Waals surface area contributed by atoms with Gasteiger partial charge in [-0.25, -0.2) is 9.78 Å². The van der Waals surface area contributed by atoms with Gasteiger partial charge in [-0.1, -0.05) is 15.9 Å². The molecular formula is C13H9BrN2O5. The second kappa shape index (κ2) is 6.31. The van der Waals surface area contributed by atoms with Crippen LogP contribution in [0.25, 0.3) is 0 Å². The molecule has 0 aliphatic carbocycles. The monoisotopic (exact) mass is 352 g/mol. The van der Waals surface area contributed by atoms with Crippen molar-refractivity contribution in [3.8, 4) is 11.6 Å². The molecule has 0 N–H and O–H groups in total. The molecule has 0 radical (unpaired) electrons. The Labute approximate surface area is 127 Å². The van der Waals surface area contributed by atoms with Crippen molar-refractivity contribution >= 4 is 27.6 Å². The van der Waals surface area contributed by atoms with Crippen molar-refractivity contribution in [3.63, 3.8) is 0 Å². The van der Waals surface area contributed by atoms with Crippen LogP contribution < -0.4 is 4.74 Å². The quantitative estimate of drug-likeness (QED) is 0.476. The van der Waals surface area contributed by atoms with Crippen molar-refractivity contribution in [1.29, 1.82) is 0 Å². The zero-order chi connectivity index (χ0) is 15.4. The maximum absolute atomic E-state index is 11.4. The summed E-state index contributed by atoms with van der Waals surface area (Å²) in [5.74, 6) is -0.464. The van der Waals surface area contributed by atoms with Gasteiger partial charge in [-0.2, -0.15) is 0 Å². The lowest BCUT2D eigenvalue weighted by atomic mass is 10.2. The summed E-state index contributed by atoms with van der Waals surface area (Å²) in [5, 5.41) is 11.0. The van der Waals surface area contributed by atoms with Gasteiger partial charge in [-0.05, 0) is 18.2 Å². The van der Waals surface area contributed by atoms with Gasteiger partial charge in [0, 0.05) is 22.8 Å². The fourth-order valence-electron chi connectivity index (χ4n) is 1.54. The van der Waals surface area contributed by atoms with Crippen LogP contribution >= 0.6 is 15.9 Å². The summed E-state index contributed by atoms with van der Waals surface area (Å²) in [6, 6.07) is 7.16. The Bertz CT molecular complexity index is 705. The smallest absolute Gasteiger partial charge is 0.338 e. The van der Waals surface area contributed by atoms with Crippen molar-refractivity contribution in [3.05, 3.63) is 56.7 Å². The van der Waals surface area contributed by atoms with Crippen LogP contribution in [0, 0.1) is 10.1 Å². The fourth-order valence-corrected chi connectivity index (χ4v) is 1.89. The number of rotatable bonds is 4. The van der Waals surface area contributed by atoms with E-state index in [1.165, 1.54) is 37.6 Å². The topological polar surface area (TPSA) is 91.6 Å². The molecule has 108 valence electrons. The van der Waals surface area contributed by atoms with Gasteiger partial charge in [-0.3, -0.25) is 10.1 Å². The fraction of sp³-hybridized carbons (Fsp3) is 0.0769. The lowest BCUT2D eigenvalue weighted by molar-refractivity contribution is -0.385. The number of hydrogen-bond acceptors (Lipinski definition) is 6. The van der Waals surface area contributed by atoms with Crippen LogP contribution in [0.15, 0.2) is 41.0 Å². The van der Waals surface area contributed by atoms with E-state index in [1.807, 2.05) is 0 Å². The Kier molecular flexibility index (Phi) is 4.49. The predicted molar refractivity (Wildman–Crippen MR) is 76.4 cm³/mol. The molecule has 0 bridgehead atoms. The molecular weight excluding hydrogens is 344 g/mol. The third-order valence-electron chi connectivity index (χ3n) is 2.49. The highest BCUT2D eigenvalue weighted by molar-refractivity contribution is 9.10. The minimum absolute atomic E-state index is 0.0257. The van der Waals surface area contributed by atoms with E-state index >= 15 is 0 Å². The average Bonchev–Trinajstić information content (AvgIpc) is 2.48. The third kappa shape index (κ3) is 3.54. The van der Waals surface area contributed by atoms with Crippen LogP contribution in [0.2, 0.25) is 0 Å². The molecule has 7 nitrogen and oxygen atoms in total. The first-order valence-electron chi connectivity index (χ1n) is 5.67. The van der Waals surface area contributed by atoms with E-state index in [9.17, 15) is 14.9 Å². The van der Waals surface area contributed by atoms with E-state index in [4.69, 9.17) is 4.74 Å². The zero-order valence-electron chi connectivity index (χ0n) is 10.8. The van der Waals surface area contributed by atoms with Crippen molar-refractivity contribution in [1.82, 2.24) is 4.98 Å². The lowest BCUT2D eigenvalue weighted by Gasteiger charge is -2.06. The Hall–Kier alpha value is -2.48. The van der Waals surface area contributed by atoms with Gasteiger partial charge in [-0.15, -0.1) is 0 Å². The Morgan fingerprint density at radius 3 is 2.76 bits per heavy atom. The number of carbonyl (C=O) groups is 1. The SMILES string of the molecule is COC(=O)c1ccnc(Oc2ccc(Br)cc2[N+](=O)[O-])c1. The molecule has 0 aliphatic rings. The molecule has 0 amide bonds. The Morgan fingerprint density at radius 2 is 2.10 bits per heavy atom. The number of benzene rings is 1. The Balaban J connectivity index is 2.34. The summed E-state index contributed by atoms with van der Waals surface area (Å²) in [6.07, 6.45) is 1.35. The maximum atomic E-state index is 11.4. The minimum Gasteiger partial charge on any atom is -0.465 e. The van der Waals surface area contributed by atoms with Crippen LogP contribution in [-0.2, 0) is 4.74 Å². The summed E-state index contributed by atoms with van der Waals surface area (Å²) < 4.78 is 10.5. The molecule has 0 saturated carbocycles. The highest BCUT2D eigenvalue weighted by atomic mass is 79.9. The first-order valence-corrected chi connectivity index (χ1v) is 6.46. The zero-order valence-corrected chi connectivity index (χ0v) is 12.4. The van der Waals surface area contributed by atoms with Crippen molar-refractivity contribution < 1.29 is 19.2 Å². The molecule has 2 aromatic rings. The number of hydrogen-bond donors (Lipinski definition) is 0. The summed E-state index contributed by atoms with van der Waals surface area (Å²) in [7, 11) is 1.25. The molecule has 1 aromatic heterocycles. The molecule has 0 aliphatic heterocycles. The number of nitrogens with zero attached hydrogens (tertiary/aromatic N) is 2. The van der Waals surface area contributed by atoms with E-state index in [-0.39, 0.29) is 22.9 Å². The molecule has 2 rings (SSSR count). The molecule has 0 spiro atoms. The second-order valence-electron chi connectivity index (χ2n) is 3.85. The molecule has 8 heteroatoms. The third-order valence-corrected chi connectivity index (χ3v) is 2.98. The molecule has 1 heterocycles. The number of halogens is 1. The number of carbonyl (C=O) groups excluding carboxylic acids is 1. The highest BCUT2D eigenvalue weighted by Gasteiger charge is 2.17. The van der Waals surface area contributed by atoms with Crippen molar-refractivity contribution in [2.45, 2.75) is 0 Å². The van der Waals surface area contributed by atoms with Gasteiger partial charge in [0.15, 0.2) is 0 Å². The average molecular weight is 353 g/mol. The van der Waals surface area contributed by atoms with Gasteiger partial charge in [0.05, 0.1) is 17.6 Å². The standard InChI is InChI=1S/C13H9BrN2O5/c1-20-13(17)8-4-5-15-12(6-8)21-11-3-2-9(14)7-10(11)16(18)19/h2-7H,1H3. The Morgan fingerprint density at radius 1 is 1.33 bits per heavy atom. The van der Waals surface area contributed by atoms with Gasteiger partial charge in [0.25, 0.3) is 0 Å². The molecule has 21 heavy (non-hydrogen) atoms. The summed E-state index contributed by atoms with van der Waals surface area (Å²) in [5.41, 5.74) is 0.0249. The summed E-state index contributed by atoms with van der Waals surface area (Å²) in [6.45, 7) is 0. The van der Waals surface area contributed by atoms with Crippen LogP contribution in [-0.4, -0.2) is 23.0 Å². The number of pyridine rings is 1. The number of ether oxygens (including phenoxy) is 2. The maximum Gasteiger partial charge on any atom is 0.338 e. The molecule has 1 aromatic carbocycles. The number of nitro benzene ring substituents is 1. The molecule has 0 atom stereocenters. The predicted octanol–water partition coefficient (Wildman–Crippen LogP) is 3.33. The van der Waals surface area contributed by atoms with Gasteiger partial charge in [0.1, 0.15) is 0 Å². The van der Waals surface area contributed by atoms with Crippen molar-refractivity contribution in [2.24, 2.45) is 0 Å². The van der Waals surface area contributed by atoms with Gasteiger partial charge < -0.3 is 9.47 Å². The highest BCUT2D eigenvalue weighted by Crippen LogP contribution is 2.33. The summed E-state index contributed by atoms with van der Waals surface area (Å²) in [4.78, 5) is 25.8. The molecule has 0 fully saturated rings. The second-order valence-corrected chi connectivity index (χ2v) is 4.76. The molecule has 0 saturated heterocycles. The van der Waals surface area contributed by atoms with Crippen LogP contribution in [0.1, 0.15) is 10.4 Å². The van der Waals surface area contributed by atoms with Crippen LogP contribution in [0.5, 0.6) is 11.6 Å². The van der Waals surface area contributed by atoms with Gasteiger partial charge in [0.2, 0.25) is 11.6 Å². The first kappa shape index (κ1) is 14.9. The minimum atomic E-state index is -0.565. The normalized spacial score (nSPS) is 10.0. The summed E-state index contributed by atoms with van der Waals surface area (Å²) >= 11 is 3.15. The first-order chi connectivity index (χ1) is 10.0. The van der Waals surface area contributed by atoms with E-state index < -0.39 is 10.9 Å². The van der Waals surface area contributed by atoms with E-state index in [0.717, 1.165) is 0 Å². The van der Waals surface area contributed by atoms with Crippen molar-refractivity contribution in [2.75, 3.05) is 7.11 Å². The van der Waals surface area contributed by atoms with E-state index in [0.29, 0.717) is 4.47 Å². The largest absolute Gasteiger partial charge is 0.465 e. The van der Waals surface area contributed by atoms with E-state index in [1.54, 1.807) is 6.07 Å². The van der Waals surface area contributed by atoms with Gasteiger partial charge >= 0.3 is 11.7 Å². The number of nitro groups is 1. The lowest BCUT2D eigenvalue weighted by Crippen LogP contribution is -2.02. The van der Waals surface area contributed by atoms with Crippen LogP contribution in [0.3, 0.4) is 0 Å².